The van der Waals surface area contributed by atoms with Crippen molar-refractivity contribution < 1.29 is 0 Å². The fraction of sp³-hybridized carbons (Fsp3) is 0.625. The van der Waals surface area contributed by atoms with E-state index in [0.717, 1.165) is 11.8 Å². The van der Waals surface area contributed by atoms with Crippen LogP contribution in [0.25, 0.3) is 0 Å². The van der Waals surface area contributed by atoms with Gasteiger partial charge in [-0.2, -0.15) is 0 Å². The summed E-state index contributed by atoms with van der Waals surface area (Å²) in [6, 6.07) is 0. The van der Waals surface area contributed by atoms with E-state index in [9.17, 15) is 0 Å². The lowest BCUT2D eigenvalue weighted by atomic mass is 10.2. The van der Waals surface area contributed by atoms with Crippen LogP contribution >= 0.6 is 15.9 Å². The molecule has 0 bridgehead atoms. The molecule has 0 saturated heterocycles. The van der Waals surface area contributed by atoms with E-state index in [1.165, 1.54) is 19.3 Å². The molecule has 0 spiro atoms. The molecule has 0 saturated carbocycles. The van der Waals surface area contributed by atoms with Gasteiger partial charge in [0.15, 0.2) is 0 Å². The van der Waals surface area contributed by atoms with Crippen LogP contribution in [0.1, 0.15) is 25.7 Å². The summed E-state index contributed by atoms with van der Waals surface area (Å²) in [7, 11) is 0. The van der Waals surface area contributed by atoms with E-state index in [1.54, 1.807) is 0 Å². The summed E-state index contributed by atoms with van der Waals surface area (Å²) in [5, 5.41) is 1.13. The lowest BCUT2D eigenvalue weighted by Gasteiger charge is -1.90. The quantitative estimate of drug-likeness (QED) is 0.353. The maximum atomic E-state index is 3.49. The molecule has 0 radical (unpaired) electrons. The summed E-state index contributed by atoms with van der Waals surface area (Å²) < 4.78 is 0. The van der Waals surface area contributed by atoms with Gasteiger partial charge in [0.1, 0.15) is 0 Å². The first-order chi connectivity index (χ1) is 4.41. The number of allylic oxidation sites excluding steroid dienone is 1. The van der Waals surface area contributed by atoms with E-state index in [-0.39, 0.29) is 0 Å². The average molecular weight is 189 g/mol. The third kappa shape index (κ3) is 8.00. The molecule has 0 aliphatic carbocycles. The van der Waals surface area contributed by atoms with Crippen LogP contribution in [0.4, 0.5) is 0 Å². The smallest absolute Gasteiger partial charge is 0.00313 e. The minimum Gasteiger partial charge on any atom is -0.133 e. The number of halogens is 1. The van der Waals surface area contributed by atoms with Gasteiger partial charge >= 0.3 is 0 Å². The first-order valence-corrected chi connectivity index (χ1v) is 4.44. The fourth-order valence-corrected chi connectivity index (χ4v) is 1.02. The number of hydrogen-bond donors (Lipinski definition) is 0. The zero-order chi connectivity index (χ0) is 6.95. The van der Waals surface area contributed by atoms with Crippen molar-refractivity contribution in [1.29, 1.82) is 0 Å². The summed E-state index contributed by atoms with van der Waals surface area (Å²) >= 11 is 3.38. The molecule has 0 fully saturated rings. The van der Waals surface area contributed by atoms with Crippen LogP contribution in [-0.2, 0) is 0 Å². The summed E-state index contributed by atoms with van der Waals surface area (Å²) in [5.41, 5.74) is 2.76. The van der Waals surface area contributed by atoms with Gasteiger partial charge < -0.3 is 0 Å². The van der Waals surface area contributed by atoms with Crippen LogP contribution in [-0.4, -0.2) is 5.33 Å². The predicted molar refractivity (Wildman–Crippen MR) is 46.0 cm³/mol. The van der Waals surface area contributed by atoms with Crippen LogP contribution in [0.5, 0.6) is 0 Å². The Morgan fingerprint density at radius 1 is 1.33 bits per heavy atom. The van der Waals surface area contributed by atoms with Crippen LogP contribution in [0.15, 0.2) is 18.4 Å². The highest BCUT2D eigenvalue weighted by Gasteiger charge is 1.83. The molecule has 9 heavy (non-hydrogen) atoms. The van der Waals surface area contributed by atoms with Crippen LogP contribution < -0.4 is 0 Å². The largest absolute Gasteiger partial charge is 0.133 e. The van der Waals surface area contributed by atoms with E-state index >= 15 is 0 Å². The highest BCUT2D eigenvalue weighted by atomic mass is 79.9. The van der Waals surface area contributed by atoms with Crippen molar-refractivity contribution in [2.45, 2.75) is 25.7 Å². The number of rotatable bonds is 5. The maximum Gasteiger partial charge on any atom is 0.00313 e. The second-order valence-electron chi connectivity index (χ2n) is 1.95. The van der Waals surface area contributed by atoms with Crippen molar-refractivity contribution >= 4 is 15.9 Å². The third-order valence-electron chi connectivity index (χ3n) is 1.13. The van der Waals surface area contributed by atoms with Crippen molar-refractivity contribution in [1.82, 2.24) is 0 Å². The Balaban J connectivity index is 2.82. The molecular formula is C8H13Br. The van der Waals surface area contributed by atoms with E-state index in [4.69, 9.17) is 0 Å². The zero-order valence-electron chi connectivity index (χ0n) is 5.70. The lowest BCUT2D eigenvalue weighted by molar-refractivity contribution is 0.737. The Labute approximate surface area is 65.8 Å². The number of hydrogen-bond acceptors (Lipinski definition) is 0. The topological polar surface area (TPSA) is 0 Å². The molecular weight excluding hydrogens is 176 g/mol. The molecule has 0 unspecified atom stereocenters. The molecule has 0 rings (SSSR count). The van der Waals surface area contributed by atoms with Gasteiger partial charge in [-0.05, 0) is 25.3 Å². The third-order valence-corrected chi connectivity index (χ3v) is 1.69. The molecule has 0 aromatic heterocycles. The molecule has 0 heterocycles. The van der Waals surface area contributed by atoms with Gasteiger partial charge in [0.25, 0.3) is 0 Å². The van der Waals surface area contributed by atoms with E-state index < -0.39 is 0 Å². The molecule has 0 aliphatic rings. The predicted octanol–water partition coefficient (Wildman–Crippen LogP) is 3.28. The van der Waals surface area contributed by atoms with Crippen molar-refractivity contribution in [3.05, 3.63) is 18.4 Å². The Bertz CT molecular complexity index is 90.7. The Hall–Kier alpha value is 0. The maximum absolute atomic E-state index is 3.49. The fourth-order valence-electron chi connectivity index (χ4n) is 0.620. The molecule has 52 valence electrons. The highest BCUT2D eigenvalue weighted by Crippen LogP contribution is 2.01. The van der Waals surface area contributed by atoms with Gasteiger partial charge in [-0.3, -0.25) is 0 Å². The minimum absolute atomic E-state index is 1.13. The molecule has 0 aliphatic heterocycles. The number of alkyl halides is 1. The SMILES string of the molecule is C=C=CCCCCCBr. The normalized spacial score (nSPS) is 8.56. The van der Waals surface area contributed by atoms with Crippen LogP contribution in [0.2, 0.25) is 0 Å². The minimum atomic E-state index is 1.13. The van der Waals surface area contributed by atoms with Crippen molar-refractivity contribution in [3.63, 3.8) is 0 Å². The van der Waals surface area contributed by atoms with Crippen LogP contribution in [0, 0.1) is 0 Å². The van der Waals surface area contributed by atoms with E-state index in [2.05, 4.69) is 28.2 Å². The molecule has 0 N–H and O–H groups in total. The van der Waals surface area contributed by atoms with Crippen molar-refractivity contribution in [2.24, 2.45) is 0 Å². The Kier molecular flexibility index (Phi) is 8.00. The summed E-state index contributed by atoms with van der Waals surface area (Å²) in [4.78, 5) is 0. The highest BCUT2D eigenvalue weighted by molar-refractivity contribution is 9.09. The number of unbranched alkanes of at least 4 members (excludes halogenated alkanes) is 3. The van der Waals surface area contributed by atoms with Crippen molar-refractivity contribution in [3.8, 4) is 0 Å². The summed E-state index contributed by atoms with van der Waals surface area (Å²) in [6.45, 7) is 3.49. The Morgan fingerprint density at radius 3 is 2.67 bits per heavy atom. The Morgan fingerprint density at radius 2 is 2.11 bits per heavy atom. The van der Waals surface area contributed by atoms with Gasteiger partial charge in [0, 0.05) is 5.33 Å². The first kappa shape index (κ1) is 9.00. The molecule has 0 nitrogen and oxygen atoms in total. The molecule has 1 heteroatoms. The van der Waals surface area contributed by atoms with Gasteiger partial charge in [0.05, 0.1) is 0 Å². The van der Waals surface area contributed by atoms with Gasteiger partial charge in [-0.15, -0.1) is 5.73 Å². The first-order valence-electron chi connectivity index (χ1n) is 3.32. The monoisotopic (exact) mass is 188 g/mol. The molecule has 0 amide bonds. The van der Waals surface area contributed by atoms with Crippen LogP contribution in [0.3, 0.4) is 0 Å². The van der Waals surface area contributed by atoms with Gasteiger partial charge in [0.2, 0.25) is 0 Å². The second-order valence-corrected chi connectivity index (χ2v) is 2.74. The molecule has 0 aromatic carbocycles. The van der Waals surface area contributed by atoms with Crippen molar-refractivity contribution in [2.75, 3.05) is 5.33 Å². The zero-order valence-corrected chi connectivity index (χ0v) is 7.28. The van der Waals surface area contributed by atoms with Gasteiger partial charge in [-0.1, -0.05) is 28.9 Å². The summed E-state index contributed by atoms with van der Waals surface area (Å²) in [6.07, 6.45) is 6.99. The average Bonchev–Trinajstić information content (AvgIpc) is 1.89. The lowest BCUT2D eigenvalue weighted by Crippen LogP contribution is -1.74. The standard InChI is InChI=1S/C8H13Br/c1-2-3-4-5-6-7-8-9/h3H,1,4-8H2. The molecule has 0 atom stereocenters. The molecule has 0 aromatic rings. The van der Waals surface area contributed by atoms with E-state index in [0.29, 0.717) is 0 Å². The van der Waals surface area contributed by atoms with E-state index in [1.807, 2.05) is 6.08 Å². The summed E-state index contributed by atoms with van der Waals surface area (Å²) in [5.74, 6) is 0. The second kappa shape index (κ2) is 8.00. The van der Waals surface area contributed by atoms with Gasteiger partial charge in [-0.25, -0.2) is 0 Å².